The summed E-state index contributed by atoms with van der Waals surface area (Å²) in [6.45, 7) is 1.64. The number of fused-ring (bicyclic) bond motifs is 1. The number of para-hydroxylation sites is 2. The minimum Gasteiger partial charge on any atom is -0.408 e. The monoisotopic (exact) mass is 366 g/mol. The van der Waals surface area contributed by atoms with Gasteiger partial charge in [0.2, 0.25) is 11.0 Å². The Hall–Kier alpha value is -3.26. The van der Waals surface area contributed by atoms with Gasteiger partial charge < -0.3 is 4.42 Å². The molecule has 2 heterocycles. The zero-order valence-electron chi connectivity index (χ0n) is 13.7. The van der Waals surface area contributed by atoms with Crippen molar-refractivity contribution in [2.24, 2.45) is 0 Å². The van der Waals surface area contributed by atoms with Crippen molar-refractivity contribution in [3.63, 3.8) is 0 Å². The highest BCUT2D eigenvalue weighted by atomic mass is 32.1. The Morgan fingerprint density at radius 3 is 2.65 bits per heavy atom. The van der Waals surface area contributed by atoms with Crippen LogP contribution in [0.1, 0.15) is 13.0 Å². The molecule has 1 amide bonds. The van der Waals surface area contributed by atoms with E-state index in [1.165, 1.54) is 15.9 Å². The number of carbonyl (C=O) groups is 1. The van der Waals surface area contributed by atoms with Crippen LogP contribution in [0.3, 0.4) is 0 Å². The van der Waals surface area contributed by atoms with E-state index in [1.807, 2.05) is 30.3 Å². The van der Waals surface area contributed by atoms with E-state index in [0.717, 1.165) is 5.56 Å². The Bertz CT molecular complexity index is 1130. The predicted molar refractivity (Wildman–Crippen MR) is 99.2 cm³/mol. The van der Waals surface area contributed by atoms with Crippen LogP contribution in [-0.2, 0) is 4.79 Å². The lowest BCUT2D eigenvalue weighted by Gasteiger charge is -2.11. The zero-order valence-corrected chi connectivity index (χ0v) is 14.6. The molecule has 4 aromatic rings. The lowest BCUT2D eigenvalue weighted by molar-refractivity contribution is -0.118. The summed E-state index contributed by atoms with van der Waals surface area (Å²) in [7, 11) is 0. The van der Waals surface area contributed by atoms with Gasteiger partial charge in [-0.15, -0.1) is 10.2 Å². The molecular weight excluding hydrogens is 352 g/mol. The average molecular weight is 366 g/mol. The number of benzene rings is 2. The lowest BCUT2D eigenvalue weighted by Crippen LogP contribution is -2.29. The number of aromatic nitrogens is 3. The first kappa shape index (κ1) is 16.2. The molecule has 4 rings (SSSR count). The molecule has 7 nitrogen and oxygen atoms in total. The lowest BCUT2D eigenvalue weighted by atomic mass is 10.2. The van der Waals surface area contributed by atoms with Crippen molar-refractivity contribution in [2.75, 3.05) is 5.32 Å². The van der Waals surface area contributed by atoms with E-state index in [-0.39, 0.29) is 5.91 Å². The van der Waals surface area contributed by atoms with Crippen LogP contribution in [0.2, 0.25) is 0 Å². The largest absolute Gasteiger partial charge is 0.420 e. The van der Waals surface area contributed by atoms with E-state index in [2.05, 4.69) is 15.5 Å². The van der Waals surface area contributed by atoms with E-state index < -0.39 is 11.8 Å². The van der Waals surface area contributed by atoms with E-state index in [0.29, 0.717) is 21.2 Å². The Morgan fingerprint density at radius 2 is 1.85 bits per heavy atom. The molecule has 0 aliphatic rings. The van der Waals surface area contributed by atoms with Crippen molar-refractivity contribution in [3.05, 3.63) is 65.1 Å². The van der Waals surface area contributed by atoms with Gasteiger partial charge in [-0.05, 0) is 19.1 Å². The molecule has 2 aromatic heterocycles. The first-order valence-electron chi connectivity index (χ1n) is 7.93. The summed E-state index contributed by atoms with van der Waals surface area (Å²) in [5.74, 6) is -0.939. The number of amides is 1. The Kier molecular flexibility index (Phi) is 4.10. The molecule has 0 bridgehead atoms. The highest BCUT2D eigenvalue weighted by Gasteiger charge is 2.22. The summed E-state index contributed by atoms with van der Waals surface area (Å²) < 4.78 is 6.51. The second-order valence-electron chi connectivity index (χ2n) is 5.65. The van der Waals surface area contributed by atoms with Crippen LogP contribution in [0.5, 0.6) is 0 Å². The summed E-state index contributed by atoms with van der Waals surface area (Å²) in [4.78, 5) is 24.7. The summed E-state index contributed by atoms with van der Waals surface area (Å²) >= 11 is 1.27. The normalized spacial score (nSPS) is 12.2. The van der Waals surface area contributed by atoms with Gasteiger partial charge in [0.05, 0.1) is 5.52 Å². The topological polar surface area (TPSA) is 90.0 Å². The van der Waals surface area contributed by atoms with E-state index in [9.17, 15) is 9.59 Å². The fraction of sp³-hybridized carbons (Fsp3) is 0.111. The molecule has 0 aliphatic carbocycles. The number of nitrogens with one attached hydrogen (secondary N) is 1. The minimum atomic E-state index is -0.754. The highest BCUT2D eigenvalue weighted by molar-refractivity contribution is 7.18. The second kappa shape index (κ2) is 6.57. The molecule has 2 aromatic carbocycles. The predicted octanol–water partition coefficient (Wildman–Crippen LogP) is 3.31. The Labute approximate surface area is 151 Å². The average Bonchev–Trinajstić information content (AvgIpc) is 3.25. The molecule has 130 valence electrons. The third kappa shape index (κ3) is 2.91. The molecule has 1 atom stereocenters. The molecule has 26 heavy (non-hydrogen) atoms. The van der Waals surface area contributed by atoms with Crippen molar-refractivity contribution >= 4 is 33.5 Å². The van der Waals surface area contributed by atoms with Crippen LogP contribution in [0.4, 0.5) is 5.13 Å². The maximum Gasteiger partial charge on any atom is 0.420 e. The van der Waals surface area contributed by atoms with E-state index >= 15 is 0 Å². The van der Waals surface area contributed by atoms with Gasteiger partial charge in [-0.1, -0.05) is 53.8 Å². The fourth-order valence-corrected chi connectivity index (χ4v) is 3.40. The van der Waals surface area contributed by atoms with E-state index in [4.69, 9.17) is 4.42 Å². The second-order valence-corrected chi connectivity index (χ2v) is 6.63. The smallest absolute Gasteiger partial charge is 0.408 e. The number of carbonyl (C=O) groups excluding carboxylic acids is 1. The van der Waals surface area contributed by atoms with Gasteiger partial charge in [0.15, 0.2) is 5.58 Å². The Morgan fingerprint density at radius 1 is 1.12 bits per heavy atom. The molecule has 0 aliphatic heterocycles. The van der Waals surface area contributed by atoms with Crippen LogP contribution < -0.4 is 11.1 Å². The molecule has 8 heteroatoms. The molecule has 0 radical (unpaired) electrons. The molecule has 0 spiro atoms. The summed E-state index contributed by atoms with van der Waals surface area (Å²) in [5.41, 5.74) is 1.94. The summed E-state index contributed by atoms with van der Waals surface area (Å²) in [6, 6.07) is 15.8. The summed E-state index contributed by atoms with van der Waals surface area (Å²) in [6.07, 6.45) is 0. The number of rotatable bonds is 4. The molecular formula is C18H14N4O3S. The van der Waals surface area contributed by atoms with Crippen LogP contribution in [0.25, 0.3) is 21.7 Å². The minimum absolute atomic E-state index is 0.366. The number of hydrogen-bond acceptors (Lipinski definition) is 6. The first-order chi connectivity index (χ1) is 12.6. The molecule has 1 unspecified atom stereocenters. The SMILES string of the molecule is CC(C(=O)Nc1nnc(-c2ccccc2)s1)n1c(=O)oc2ccccc21. The molecule has 1 N–H and O–H groups in total. The molecule has 0 fully saturated rings. The van der Waals surface area contributed by atoms with Crippen LogP contribution >= 0.6 is 11.3 Å². The van der Waals surface area contributed by atoms with Crippen LogP contribution in [0, 0.1) is 0 Å². The van der Waals surface area contributed by atoms with Crippen molar-refractivity contribution in [1.82, 2.24) is 14.8 Å². The number of hydrogen-bond donors (Lipinski definition) is 1. The number of anilines is 1. The van der Waals surface area contributed by atoms with Crippen molar-refractivity contribution in [2.45, 2.75) is 13.0 Å². The van der Waals surface area contributed by atoms with Crippen LogP contribution in [0.15, 0.2) is 63.8 Å². The highest BCUT2D eigenvalue weighted by Crippen LogP contribution is 2.26. The summed E-state index contributed by atoms with van der Waals surface area (Å²) in [5, 5.41) is 11.9. The number of oxazole rings is 1. The third-order valence-electron chi connectivity index (χ3n) is 3.96. The van der Waals surface area contributed by atoms with Crippen molar-refractivity contribution in [1.29, 1.82) is 0 Å². The van der Waals surface area contributed by atoms with Crippen molar-refractivity contribution in [3.8, 4) is 10.6 Å². The van der Waals surface area contributed by atoms with Gasteiger partial charge in [-0.25, -0.2) is 4.79 Å². The third-order valence-corrected chi connectivity index (χ3v) is 4.85. The maximum atomic E-state index is 12.6. The fourth-order valence-electron chi connectivity index (χ4n) is 2.65. The van der Waals surface area contributed by atoms with Gasteiger partial charge in [0.25, 0.3) is 0 Å². The number of nitrogens with zero attached hydrogens (tertiary/aromatic N) is 3. The van der Waals surface area contributed by atoms with Gasteiger partial charge in [-0.3, -0.25) is 14.7 Å². The van der Waals surface area contributed by atoms with Gasteiger partial charge in [-0.2, -0.15) is 0 Å². The quantitative estimate of drug-likeness (QED) is 0.598. The first-order valence-corrected chi connectivity index (χ1v) is 8.75. The standard InChI is InChI=1S/C18H14N4O3S/c1-11(22-13-9-5-6-10-14(13)25-18(22)24)15(23)19-17-21-20-16(26-17)12-7-3-2-4-8-12/h2-11H,1H3,(H,19,21,23). The van der Waals surface area contributed by atoms with Gasteiger partial charge >= 0.3 is 5.76 Å². The van der Waals surface area contributed by atoms with Crippen LogP contribution in [-0.4, -0.2) is 20.7 Å². The van der Waals surface area contributed by atoms with E-state index in [1.54, 1.807) is 31.2 Å². The molecule has 0 saturated carbocycles. The van der Waals surface area contributed by atoms with Gasteiger partial charge in [0.1, 0.15) is 11.0 Å². The van der Waals surface area contributed by atoms with Crippen molar-refractivity contribution < 1.29 is 9.21 Å². The molecule has 0 saturated heterocycles. The Balaban J connectivity index is 1.57. The maximum absolute atomic E-state index is 12.6. The van der Waals surface area contributed by atoms with Gasteiger partial charge in [0, 0.05) is 5.56 Å². The zero-order chi connectivity index (χ0) is 18.1.